The summed E-state index contributed by atoms with van der Waals surface area (Å²) in [6.07, 6.45) is 0. The van der Waals surface area contributed by atoms with Gasteiger partial charge in [0.05, 0.1) is 13.7 Å². The summed E-state index contributed by atoms with van der Waals surface area (Å²) in [7, 11) is 5.09. The minimum Gasteiger partial charge on any atom is -0.494 e. The van der Waals surface area contributed by atoms with E-state index in [1.807, 2.05) is 50.2 Å². The van der Waals surface area contributed by atoms with Crippen LogP contribution < -0.4 is 4.74 Å². The van der Waals surface area contributed by atoms with Gasteiger partial charge in [-0.2, -0.15) is 0 Å². The van der Waals surface area contributed by atoms with Gasteiger partial charge < -0.3 is 9.47 Å². The minimum atomic E-state index is -0.379. The zero-order valence-corrected chi connectivity index (χ0v) is 10.8. The molecule has 0 spiro atoms. The third kappa shape index (κ3) is 3.46. The van der Waals surface area contributed by atoms with Gasteiger partial charge in [0.15, 0.2) is 0 Å². The number of methoxy groups -OCH3 is 1. The molecule has 0 radical (unpaired) electrons. The van der Waals surface area contributed by atoms with Crippen molar-refractivity contribution in [3.63, 3.8) is 0 Å². The first-order valence-electron chi connectivity index (χ1n) is 5.57. The fourth-order valence-corrected chi connectivity index (χ4v) is 1.67. The van der Waals surface area contributed by atoms with Crippen LogP contribution in [-0.4, -0.2) is 38.7 Å². The molecule has 0 aliphatic heterocycles. The van der Waals surface area contributed by atoms with E-state index in [2.05, 4.69) is 0 Å². The molecule has 1 rings (SSSR count). The number of nitrogens with zero attached hydrogens (tertiary/aromatic N) is 1. The lowest BCUT2D eigenvalue weighted by Crippen LogP contribution is -2.28. The second-order valence-corrected chi connectivity index (χ2v) is 3.89. The van der Waals surface area contributed by atoms with Gasteiger partial charge in [-0.15, -0.1) is 0 Å². The Morgan fingerprint density at radius 1 is 1.29 bits per heavy atom. The highest BCUT2D eigenvalue weighted by Crippen LogP contribution is 2.22. The Bertz CT molecular complexity index is 359. The third-order valence-corrected chi connectivity index (χ3v) is 2.45. The van der Waals surface area contributed by atoms with Gasteiger partial charge in [-0.05, 0) is 38.7 Å². The second kappa shape index (κ2) is 6.25. The molecule has 0 fully saturated rings. The number of carbonyl (C=O) groups is 1. The maximum Gasteiger partial charge on any atom is 0.327 e. The molecule has 0 saturated heterocycles. The number of benzene rings is 1. The lowest BCUT2D eigenvalue weighted by Gasteiger charge is -2.22. The van der Waals surface area contributed by atoms with Crippen LogP contribution in [0.1, 0.15) is 18.5 Å². The number of carbonyl (C=O) groups excluding carboxylic acids is 1. The van der Waals surface area contributed by atoms with Crippen molar-refractivity contribution in [3.8, 4) is 5.75 Å². The molecule has 0 N–H and O–H groups in total. The summed E-state index contributed by atoms with van der Waals surface area (Å²) in [5.74, 6) is 0.540. The van der Waals surface area contributed by atoms with Gasteiger partial charge in [0.25, 0.3) is 0 Å². The van der Waals surface area contributed by atoms with E-state index >= 15 is 0 Å². The number of likely N-dealkylation sites (N-methyl/N-ethyl adjacent to an activating group) is 1. The highest BCUT2D eigenvalue weighted by atomic mass is 16.5. The first-order valence-corrected chi connectivity index (χ1v) is 5.57. The Balaban J connectivity index is 2.91. The van der Waals surface area contributed by atoms with E-state index in [4.69, 9.17) is 9.47 Å². The molecule has 0 aromatic heterocycles. The summed E-state index contributed by atoms with van der Waals surface area (Å²) in [6, 6.07) is 7.10. The highest BCUT2D eigenvalue weighted by Gasteiger charge is 2.23. The maximum atomic E-state index is 11.7. The Morgan fingerprint density at radius 3 is 2.29 bits per heavy atom. The van der Waals surface area contributed by atoms with Crippen molar-refractivity contribution in [3.05, 3.63) is 29.8 Å². The highest BCUT2D eigenvalue weighted by molar-refractivity contribution is 5.77. The normalized spacial score (nSPS) is 12.3. The Labute approximate surface area is 102 Å². The molecule has 4 heteroatoms. The molecule has 0 heterocycles. The molecule has 1 atom stereocenters. The van der Waals surface area contributed by atoms with Crippen molar-refractivity contribution < 1.29 is 14.3 Å². The lowest BCUT2D eigenvalue weighted by atomic mass is 10.1. The Morgan fingerprint density at radius 2 is 1.88 bits per heavy atom. The van der Waals surface area contributed by atoms with E-state index in [1.165, 1.54) is 7.11 Å². The number of rotatable bonds is 5. The van der Waals surface area contributed by atoms with Crippen LogP contribution in [0, 0.1) is 0 Å². The van der Waals surface area contributed by atoms with Crippen molar-refractivity contribution in [2.24, 2.45) is 0 Å². The molecule has 0 aliphatic carbocycles. The smallest absolute Gasteiger partial charge is 0.327 e. The largest absolute Gasteiger partial charge is 0.494 e. The predicted molar refractivity (Wildman–Crippen MR) is 66.1 cm³/mol. The number of esters is 1. The van der Waals surface area contributed by atoms with Crippen molar-refractivity contribution in [1.29, 1.82) is 0 Å². The average Bonchev–Trinajstić information content (AvgIpc) is 2.31. The number of ether oxygens (including phenoxy) is 2. The quantitative estimate of drug-likeness (QED) is 0.733. The second-order valence-electron chi connectivity index (χ2n) is 3.89. The van der Waals surface area contributed by atoms with Crippen LogP contribution in [0.3, 0.4) is 0 Å². The van der Waals surface area contributed by atoms with E-state index in [0.717, 1.165) is 11.3 Å². The molecule has 0 saturated carbocycles. The van der Waals surface area contributed by atoms with E-state index in [9.17, 15) is 4.79 Å². The topological polar surface area (TPSA) is 38.8 Å². The SMILES string of the molecule is CCOc1ccc(C(C(=O)OC)N(C)C)cc1. The van der Waals surface area contributed by atoms with Crippen LogP contribution >= 0.6 is 0 Å². The predicted octanol–water partition coefficient (Wildman–Crippen LogP) is 1.86. The molecule has 17 heavy (non-hydrogen) atoms. The summed E-state index contributed by atoms with van der Waals surface area (Å²) in [5, 5.41) is 0. The van der Waals surface area contributed by atoms with E-state index < -0.39 is 0 Å². The van der Waals surface area contributed by atoms with Gasteiger partial charge in [0, 0.05) is 0 Å². The van der Waals surface area contributed by atoms with Crippen molar-refractivity contribution in [2.75, 3.05) is 27.8 Å². The van der Waals surface area contributed by atoms with Crippen molar-refractivity contribution in [1.82, 2.24) is 4.90 Å². The van der Waals surface area contributed by atoms with E-state index in [-0.39, 0.29) is 12.0 Å². The molecule has 0 bridgehead atoms. The van der Waals surface area contributed by atoms with Gasteiger partial charge >= 0.3 is 5.97 Å². The van der Waals surface area contributed by atoms with Crippen LogP contribution in [-0.2, 0) is 9.53 Å². The summed E-state index contributed by atoms with van der Waals surface area (Å²) >= 11 is 0. The Hall–Kier alpha value is -1.55. The van der Waals surface area contributed by atoms with Crippen molar-refractivity contribution in [2.45, 2.75) is 13.0 Å². The van der Waals surface area contributed by atoms with Gasteiger partial charge in [-0.1, -0.05) is 12.1 Å². The van der Waals surface area contributed by atoms with Crippen LogP contribution in [0.2, 0.25) is 0 Å². The fraction of sp³-hybridized carbons (Fsp3) is 0.462. The standard InChI is InChI=1S/C13H19NO3/c1-5-17-11-8-6-10(7-9-11)12(14(2)3)13(15)16-4/h6-9,12H,5H2,1-4H3. The Kier molecular flexibility index (Phi) is 4.97. The first kappa shape index (κ1) is 13.5. The first-order chi connectivity index (χ1) is 8.10. The molecule has 4 nitrogen and oxygen atoms in total. The van der Waals surface area contributed by atoms with Crippen LogP contribution in [0.25, 0.3) is 0 Å². The minimum absolute atomic E-state index is 0.265. The monoisotopic (exact) mass is 237 g/mol. The summed E-state index contributed by atoms with van der Waals surface area (Å²) < 4.78 is 10.2. The lowest BCUT2D eigenvalue weighted by molar-refractivity contribution is -0.146. The maximum absolute atomic E-state index is 11.7. The summed E-state index contributed by atoms with van der Waals surface area (Å²) in [5.41, 5.74) is 0.894. The molecule has 1 unspecified atom stereocenters. The van der Waals surface area contributed by atoms with Gasteiger partial charge in [-0.3, -0.25) is 4.90 Å². The van der Waals surface area contributed by atoms with Gasteiger partial charge in [-0.25, -0.2) is 4.79 Å². The van der Waals surface area contributed by atoms with Crippen molar-refractivity contribution >= 4 is 5.97 Å². The molecule has 94 valence electrons. The molecule has 1 aromatic carbocycles. The molecule has 0 aliphatic rings. The summed E-state index contributed by atoms with van der Waals surface area (Å²) in [4.78, 5) is 13.5. The fourth-order valence-electron chi connectivity index (χ4n) is 1.67. The average molecular weight is 237 g/mol. The van der Waals surface area contributed by atoms with E-state index in [0.29, 0.717) is 6.61 Å². The molecular weight excluding hydrogens is 218 g/mol. The van der Waals surface area contributed by atoms with E-state index in [1.54, 1.807) is 0 Å². The summed E-state index contributed by atoms with van der Waals surface area (Å²) in [6.45, 7) is 2.57. The third-order valence-electron chi connectivity index (χ3n) is 2.45. The molecule has 0 amide bonds. The number of hydrogen-bond acceptors (Lipinski definition) is 4. The van der Waals surface area contributed by atoms with Crippen LogP contribution in [0.4, 0.5) is 0 Å². The van der Waals surface area contributed by atoms with Gasteiger partial charge in [0.1, 0.15) is 11.8 Å². The molecular formula is C13H19NO3. The molecule has 1 aromatic rings. The van der Waals surface area contributed by atoms with Crippen LogP contribution in [0.15, 0.2) is 24.3 Å². The van der Waals surface area contributed by atoms with Gasteiger partial charge in [0.2, 0.25) is 0 Å². The van der Waals surface area contributed by atoms with Crippen LogP contribution in [0.5, 0.6) is 5.75 Å². The number of hydrogen-bond donors (Lipinski definition) is 0. The zero-order valence-electron chi connectivity index (χ0n) is 10.8. The zero-order chi connectivity index (χ0) is 12.8.